The summed E-state index contributed by atoms with van der Waals surface area (Å²) in [6.45, 7) is 0.657. The fourth-order valence-corrected chi connectivity index (χ4v) is 2.15. The molecule has 0 atom stereocenters. The lowest BCUT2D eigenvalue weighted by Gasteiger charge is -2.13. The first-order valence-corrected chi connectivity index (χ1v) is 6.69. The summed E-state index contributed by atoms with van der Waals surface area (Å²) in [6, 6.07) is 13.7. The van der Waals surface area contributed by atoms with Gasteiger partial charge >= 0.3 is 0 Å². The van der Waals surface area contributed by atoms with Gasteiger partial charge in [-0.2, -0.15) is 5.10 Å². The van der Waals surface area contributed by atoms with Crippen LogP contribution in [-0.2, 0) is 6.54 Å². The summed E-state index contributed by atoms with van der Waals surface area (Å²) < 4.78 is 7.10. The Hall–Kier alpha value is -2.82. The van der Waals surface area contributed by atoms with E-state index in [-0.39, 0.29) is 0 Å². The normalized spacial score (nSPS) is 10.3. The van der Waals surface area contributed by atoms with Crippen LogP contribution in [0.15, 0.2) is 61.1 Å². The van der Waals surface area contributed by atoms with Gasteiger partial charge in [0, 0.05) is 30.7 Å². The van der Waals surface area contributed by atoms with Gasteiger partial charge in [-0.15, -0.1) is 0 Å². The lowest BCUT2D eigenvalue weighted by molar-refractivity contribution is 0.410. The van der Waals surface area contributed by atoms with Gasteiger partial charge in [0.1, 0.15) is 5.75 Å². The highest BCUT2D eigenvalue weighted by atomic mass is 16.5. The second-order valence-electron chi connectivity index (χ2n) is 4.49. The average molecular weight is 280 g/mol. The van der Waals surface area contributed by atoms with E-state index in [2.05, 4.69) is 15.4 Å². The topological polar surface area (TPSA) is 52.0 Å². The molecule has 5 heteroatoms. The number of benzene rings is 1. The van der Waals surface area contributed by atoms with Crippen LogP contribution in [0.5, 0.6) is 5.75 Å². The maximum Gasteiger partial charge on any atom is 0.176 e. The number of hydrogen-bond acceptors (Lipinski definition) is 4. The quantitative estimate of drug-likeness (QED) is 0.780. The second kappa shape index (κ2) is 6.09. The van der Waals surface area contributed by atoms with Crippen LogP contribution in [-0.4, -0.2) is 21.9 Å². The minimum Gasteiger partial charge on any atom is -0.496 e. The molecule has 2 aromatic heterocycles. The summed E-state index contributed by atoms with van der Waals surface area (Å²) in [5, 5.41) is 7.61. The highest BCUT2D eigenvalue weighted by Crippen LogP contribution is 2.21. The Labute approximate surface area is 123 Å². The first-order chi connectivity index (χ1) is 10.4. The Balaban J connectivity index is 1.83. The fraction of sp³-hybridized carbons (Fsp3) is 0.125. The van der Waals surface area contributed by atoms with Gasteiger partial charge < -0.3 is 10.1 Å². The highest BCUT2D eigenvalue weighted by Gasteiger charge is 2.07. The molecule has 0 aliphatic rings. The molecule has 0 fully saturated rings. The second-order valence-corrected chi connectivity index (χ2v) is 4.49. The van der Waals surface area contributed by atoms with Crippen molar-refractivity contribution in [3.63, 3.8) is 0 Å². The standard InChI is InChI=1S/C16H16N4O/c1-21-15-8-3-2-6-13(15)12-18-14-7-4-9-17-16(14)20-11-5-10-19-20/h2-11,18H,12H2,1H3. The predicted octanol–water partition coefficient (Wildman–Crippen LogP) is 2.89. The molecule has 0 aliphatic carbocycles. The van der Waals surface area contributed by atoms with E-state index in [0.717, 1.165) is 22.8 Å². The van der Waals surface area contributed by atoms with Crippen LogP contribution in [0.2, 0.25) is 0 Å². The van der Waals surface area contributed by atoms with Gasteiger partial charge in [0.05, 0.1) is 12.8 Å². The first-order valence-electron chi connectivity index (χ1n) is 6.69. The van der Waals surface area contributed by atoms with Gasteiger partial charge in [-0.25, -0.2) is 9.67 Å². The SMILES string of the molecule is COc1ccccc1CNc1cccnc1-n1cccn1. The number of nitrogens with one attached hydrogen (secondary N) is 1. The summed E-state index contributed by atoms with van der Waals surface area (Å²) in [6.07, 6.45) is 5.36. The largest absolute Gasteiger partial charge is 0.496 e. The van der Waals surface area contributed by atoms with Gasteiger partial charge in [-0.3, -0.25) is 0 Å². The van der Waals surface area contributed by atoms with Crippen molar-refractivity contribution in [1.29, 1.82) is 0 Å². The van der Waals surface area contributed by atoms with Gasteiger partial charge in [0.2, 0.25) is 0 Å². The van der Waals surface area contributed by atoms with Gasteiger partial charge in [0.25, 0.3) is 0 Å². The van der Waals surface area contributed by atoms with Crippen LogP contribution < -0.4 is 10.1 Å². The molecule has 0 amide bonds. The molecule has 106 valence electrons. The molecule has 1 aromatic carbocycles. The van der Waals surface area contributed by atoms with Gasteiger partial charge in [0.15, 0.2) is 5.82 Å². The van der Waals surface area contributed by atoms with Crippen molar-refractivity contribution in [2.45, 2.75) is 6.54 Å². The number of para-hydroxylation sites is 1. The van der Waals surface area contributed by atoms with Crippen LogP contribution in [0.4, 0.5) is 5.69 Å². The molecule has 2 heterocycles. The number of ether oxygens (including phenoxy) is 1. The zero-order valence-electron chi connectivity index (χ0n) is 11.7. The van der Waals surface area contributed by atoms with E-state index in [9.17, 15) is 0 Å². The predicted molar refractivity (Wildman–Crippen MR) is 81.7 cm³/mol. The summed E-state index contributed by atoms with van der Waals surface area (Å²) in [5.74, 6) is 1.65. The van der Waals surface area contributed by atoms with Crippen molar-refractivity contribution in [2.24, 2.45) is 0 Å². The molecule has 0 aliphatic heterocycles. The zero-order chi connectivity index (χ0) is 14.5. The van der Waals surface area contributed by atoms with Gasteiger partial charge in [-0.05, 0) is 24.3 Å². The van der Waals surface area contributed by atoms with Crippen molar-refractivity contribution in [3.8, 4) is 11.6 Å². The number of methoxy groups -OCH3 is 1. The third-order valence-electron chi connectivity index (χ3n) is 3.17. The summed E-state index contributed by atoms with van der Waals surface area (Å²) >= 11 is 0. The molecule has 3 aromatic rings. The van der Waals surface area contributed by atoms with Crippen LogP contribution in [0.1, 0.15) is 5.56 Å². The maximum absolute atomic E-state index is 5.36. The Kier molecular flexibility index (Phi) is 3.82. The number of pyridine rings is 1. The molecule has 0 spiro atoms. The zero-order valence-corrected chi connectivity index (χ0v) is 11.7. The summed E-state index contributed by atoms with van der Waals surface area (Å²) in [5.41, 5.74) is 2.02. The molecule has 0 saturated heterocycles. The number of anilines is 1. The van der Waals surface area contributed by atoms with Crippen molar-refractivity contribution in [1.82, 2.24) is 14.8 Å². The Morgan fingerprint density at radius 2 is 2.00 bits per heavy atom. The first kappa shape index (κ1) is 13.2. The van der Waals surface area contributed by atoms with Crippen LogP contribution >= 0.6 is 0 Å². The molecule has 3 rings (SSSR count). The van der Waals surface area contributed by atoms with E-state index >= 15 is 0 Å². The minimum absolute atomic E-state index is 0.657. The number of nitrogens with zero attached hydrogens (tertiary/aromatic N) is 3. The number of hydrogen-bond donors (Lipinski definition) is 1. The van der Waals surface area contributed by atoms with E-state index in [1.54, 1.807) is 24.2 Å². The molecular formula is C16H16N4O. The summed E-state index contributed by atoms with van der Waals surface area (Å²) in [4.78, 5) is 4.38. The van der Waals surface area contributed by atoms with Crippen LogP contribution in [0, 0.1) is 0 Å². The third kappa shape index (κ3) is 2.86. The number of aromatic nitrogens is 3. The monoisotopic (exact) mass is 280 g/mol. The van der Waals surface area contributed by atoms with Crippen LogP contribution in [0.25, 0.3) is 5.82 Å². The Morgan fingerprint density at radius 1 is 1.10 bits per heavy atom. The Morgan fingerprint density at radius 3 is 2.81 bits per heavy atom. The van der Waals surface area contributed by atoms with E-state index in [0.29, 0.717) is 6.54 Å². The molecule has 5 nitrogen and oxygen atoms in total. The highest BCUT2D eigenvalue weighted by molar-refractivity contribution is 5.56. The maximum atomic E-state index is 5.36. The van der Waals surface area contributed by atoms with E-state index in [1.807, 2.05) is 48.7 Å². The van der Waals surface area contributed by atoms with Crippen molar-refractivity contribution in [3.05, 3.63) is 66.6 Å². The molecular weight excluding hydrogens is 264 g/mol. The minimum atomic E-state index is 0.657. The van der Waals surface area contributed by atoms with E-state index in [1.165, 1.54) is 0 Å². The fourth-order valence-electron chi connectivity index (χ4n) is 2.15. The van der Waals surface area contributed by atoms with Crippen molar-refractivity contribution in [2.75, 3.05) is 12.4 Å². The molecule has 21 heavy (non-hydrogen) atoms. The van der Waals surface area contributed by atoms with Crippen molar-refractivity contribution < 1.29 is 4.74 Å². The van der Waals surface area contributed by atoms with E-state index in [4.69, 9.17) is 4.74 Å². The van der Waals surface area contributed by atoms with E-state index < -0.39 is 0 Å². The summed E-state index contributed by atoms with van der Waals surface area (Å²) in [7, 11) is 1.68. The Bertz CT molecular complexity index is 710. The van der Waals surface area contributed by atoms with Crippen molar-refractivity contribution >= 4 is 5.69 Å². The molecule has 1 N–H and O–H groups in total. The smallest absolute Gasteiger partial charge is 0.176 e. The lowest BCUT2D eigenvalue weighted by atomic mass is 10.2. The van der Waals surface area contributed by atoms with Gasteiger partial charge in [-0.1, -0.05) is 18.2 Å². The lowest BCUT2D eigenvalue weighted by Crippen LogP contribution is -2.07. The third-order valence-corrected chi connectivity index (χ3v) is 3.17. The molecule has 0 radical (unpaired) electrons. The van der Waals surface area contributed by atoms with Crippen LogP contribution in [0.3, 0.4) is 0 Å². The molecule has 0 saturated carbocycles. The number of rotatable bonds is 5. The molecule has 0 bridgehead atoms. The molecule has 0 unspecified atom stereocenters. The average Bonchev–Trinajstić information content (AvgIpc) is 3.08.